The molecule has 0 spiro atoms. The van der Waals surface area contributed by atoms with E-state index in [1.807, 2.05) is 12.1 Å². The molecule has 96 valence electrons. The standard InChI is InChI=1S/C15H13NO3/c1-9(8-17)16-14(18)11-6-2-4-10-5-3-7-12(13(10)11)15(16)19/h2-7,9,17H,8H2,1H3. The maximum atomic E-state index is 12.4. The predicted octanol–water partition coefficient (Wildman–Crippen LogP) is 1.82. The Kier molecular flexibility index (Phi) is 2.61. The van der Waals surface area contributed by atoms with E-state index in [-0.39, 0.29) is 18.4 Å². The van der Waals surface area contributed by atoms with Crippen molar-refractivity contribution in [3.63, 3.8) is 0 Å². The zero-order chi connectivity index (χ0) is 13.6. The molecule has 1 atom stereocenters. The topological polar surface area (TPSA) is 57.6 Å². The Morgan fingerprint density at radius 1 is 1.05 bits per heavy atom. The van der Waals surface area contributed by atoms with Crippen molar-refractivity contribution in [3.8, 4) is 0 Å². The summed E-state index contributed by atoms with van der Waals surface area (Å²) in [5.41, 5.74) is 1.04. The Balaban J connectivity index is 2.31. The van der Waals surface area contributed by atoms with Crippen LogP contribution in [0.5, 0.6) is 0 Å². The predicted molar refractivity (Wildman–Crippen MR) is 71.0 cm³/mol. The van der Waals surface area contributed by atoms with Gasteiger partial charge in [-0.3, -0.25) is 14.5 Å². The van der Waals surface area contributed by atoms with Gasteiger partial charge in [0.25, 0.3) is 11.8 Å². The zero-order valence-corrected chi connectivity index (χ0v) is 10.5. The first-order valence-electron chi connectivity index (χ1n) is 6.15. The van der Waals surface area contributed by atoms with Gasteiger partial charge in [-0.1, -0.05) is 24.3 Å². The van der Waals surface area contributed by atoms with E-state index in [1.54, 1.807) is 31.2 Å². The summed E-state index contributed by atoms with van der Waals surface area (Å²) in [6, 6.07) is 10.3. The van der Waals surface area contributed by atoms with Crippen molar-refractivity contribution >= 4 is 22.6 Å². The van der Waals surface area contributed by atoms with Crippen LogP contribution in [0.3, 0.4) is 0 Å². The molecule has 0 fully saturated rings. The maximum absolute atomic E-state index is 12.4. The fourth-order valence-corrected chi connectivity index (χ4v) is 2.53. The summed E-state index contributed by atoms with van der Waals surface area (Å²) in [6.45, 7) is 1.42. The minimum absolute atomic E-state index is 0.240. The van der Waals surface area contributed by atoms with Crippen LogP contribution in [0.15, 0.2) is 36.4 Å². The lowest BCUT2D eigenvalue weighted by atomic mass is 9.93. The number of imide groups is 1. The molecule has 3 rings (SSSR count). The van der Waals surface area contributed by atoms with Gasteiger partial charge in [0.2, 0.25) is 0 Å². The molecule has 1 heterocycles. The molecule has 1 unspecified atom stereocenters. The minimum atomic E-state index is -0.524. The highest BCUT2D eigenvalue weighted by atomic mass is 16.3. The number of carbonyl (C=O) groups excluding carboxylic acids is 2. The molecule has 19 heavy (non-hydrogen) atoms. The average molecular weight is 255 g/mol. The molecule has 1 aliphatic heterocycles. The summed E-state index contributed by atoms with van der Waals surface area (Å²) >= 11 is 0. The Labute approximate surface area is 110 Å². The number of nitrogens with zero attached hydrogens (tertiary/aromatic N) is 1. The summed E-state index contributed by atoms with van der Waals surface area (Å²) in [5.74, 6) is -0.674. The monoisotopic (exact) mass is 255 g/mol. The molecule has 1 N–H and O–H groups in total. The minimum Gasteiger partial charge on any atom is -0.394 e. The van der Waals surface area contributed by atoms with Gasteiger partial charge in [-0.05, 0) is 24.4 Å². The summed E-state index contributed by atoms with van der Waals surface area (Å²) in [5, 5.41) is 10.8. The van der Waals surface area contributed by atoms with Crippen LogP contribution < -0.4 is 0 Å². The van der Waals surface area contributed by atoms with Crippen LogP contribution in [0, 0.1) is 0 Å². The number of benzene rings is 2. The van der Waals surface area contributed by atoms with Gasteiger partial charge >= 0.3 is 0 Å². The van der Waals surface area contributed by atoms with Gasteiger partial charge in [-0.15, -0.1) is 0 Å². The summed E-state index contributed by atoms with van der Waals surface area (Å²) in [7, 11) is 0. The lowest BCUT2D eigenvalue weighted by Crippen LogP contribution is -2.47. The van der Waals surface area contributed by atoms with Crippen molar-refractivity contribution in [1.82, 2.24) is 4.90 Å². The van der Waals surface area contributed by atoms with Crippen molar-refractivity contribution in [3.05, 3.63) is 47.5 Å². The Morgan fingerprint density at radius 3 is 2.05 bits per heavy atom. The largest absolute Gasteiger partial charge is 0.394 e. The van der Waals surface area contributed by atoms with Crippen molar-refractivity contribution in [2.75, 3.05) is 6.61 Å². The molecule has 0 bridgehead atoms. The van der Waals surface area contributed by atoms with Gasteiger partial charge < -0.3 is 5.11 Å². The van der Waals surface area contributed by atoms with Crippen molar-refractivity contribution < 1.29 is 14.7 Å². The number of hydrogen-bond donors (Lipinski definition) is 1. The Bertz CT molecular complexity index is 642. The van der Waals surface area contributed by atoms with Gasteiger partial charge in [-0.25, -0.2) is 0 Å². The van der Waals surface area contributed by atoms with E-state index >= 15 is 0 Å². The molecule has 2 aromatic carbocycles. The van der Waals surface area contributed by atoms with Crippen LogP contribution in [-0.4, -0.2) is 34.5 Å². The molecular weight excluding hydrogens is 242 g/mol. The van der Waals surface area contributed by atoms with Crippen LogP contribution in [0.4, 0.5) is 0 Å². The number of hydrogen-bond acceptors (Lipinski definition) is 3. The molecule has 1 aliphatic rings. The van der Waals surface area contributed by atoms with Gasteiger partial charge in [0, 0.05) is 16.5 Å². The van der Waals surface area contributed by atoms with Crippen molar-refractivity contribution in [2.24, 2.45) is 0 Å². The lowest BCUT2D eigenvalue weighted by molar-refractivity contribution is 0.0492. The average Bonchev–Trinajstić information content (AvgIpc) is 2.44. The van der Waals surface area contributed by atoms with E-state index in [9.17, 15) is 14.7 Å². The second-order valence-electron chi connectivity index (χ2n) is 4.72. The second kappa shape index (κ2) is 4.17. The first-order chi connectivity index (χ1) is 9.15. The molecule has 4 heteroatoms. The van der Waals surface area contributed by atoms with Crippen LogP contribution in [-0.2, 0) is 0 Å². The molecular formula is C15H13NO3. The third kappa shape index (κ3) is 1.57. The second-order valence-corrected chi connectivity index (χ2v) is 4.72. The fourth-order valence-electron chi connectivity index (χ4n) is 2.53. The highest BCUT2D eigenvalue weighted by Gasteiger charge is 2.35. The smallest absolute Gasteiger partial charge is 0.261 e. The highest BCUT2D eigenvalue weighted by Crippen LogP contribution is 2.30. The molecule has 2 amide bonds. The van der Waals surface area contributed by atoms with Gasteiger partial charge in [-0.2, -0.15) is 0 Å². The summed E-state index contributed by atoms with van der Waals surface area (Å²) < 4.78 is 0. The van der Waals surface area contributed by atoms with E-state index in [0.29, 0.717) is 16.5 Å². The lowest BCUT2D eigenvalue weighted by Gasteiger charge is -2.30. The normalized spacial score (nSPS) is 16.0. The number of amides is 2. The zero-order valence-electron chi connectivity index (χ0n) is 10.5. The first-order valence-corrected chi connectivity index (χ1v) is 6.15. The van der Waals surface area contributed by atoms with E-state index < -0.39 is 6.04 Å². The van der Waals surface area contributed by atoms with E-state index in [2.05, 4.69) is 0 Å². The number of aliphatic hydroxyl groups is 1. The van der Waals surface area contributed by atoms with Crippen LogP contribution >= 0.6 is 0 Å². The van der Waals surface area contributed by atoms with Crippen molar-refractivity contribution in [1.29, 1.82) is 0 Å². The maximum Gasteiger partial charge on any atom is 0.261 e. The number of carbonyl (C=O) groups is 2. The van der Waals surface area contributed by atoms with Crippen molar-refractivity contribution in [2.45, 2.75) is 13.0 Å². The summed E-state index contributed by atoms with van der Waals surface area (Å²) in [6.07, 6.45) is 0. The number of aliphatic hydroxyl groups excluding tert-OH is 1. The highest BCUT2D eigenvalue weighted by molar-refractivity contribution is 6.25. The van der Waals surface area contributed by atoms with Gasteiger partial charge in [0.1, 0.15) is 0 Å². The number of rotatable bonds is 2. The summed E-state index contributed by atoms with van der Waals surface area (Å²) in [4.78, 5) is 26.0. The van der Waals surface area contributed by atoms with E-state index in [1.165, 1.54) is 0 Å². The van der Waals surface area contributed by atoms with E-state index in [0.717, 1.165) is 10.3 Å². The Hall–Kier alpha value is -2.20. The Morgan fingerprint density at radius 2 is 1.58 bits per heavy atom. The molecule has 0 saturated heterocycles. The SMILES string of the molecule is CC(CO)N1C(=O)c2cccc3cccc(c23)C1=O. The van der Waals surface area contributed by atoms with Gasteiger partial charge in [0.05, 0.1) is 12.6 Å². The van der Waals surface area contributed by atoms with E-state index in [4.69, 9.17) is 0 Å². The third-order valence-electron chi connectivity index (χ3n) is 3.51. The van der Waals surface area contributed by atoms with Crippen LogP contribution in [0.25, 0.3) is 10.8 Å². The molecule has 0 radical (unpaired) electrons. The quantitative estimate of drug-likeness (QED) is 0.833. The molecule has 4 nitrogen and oxygen atoms in total. The molecule has 0 aliphatic carbocycles. The first kappa shape index (κ1) is 11.9. The molecule has 2 aromatic rings. The fraction of sp³-hybridized carbons (Fsp3) is 0.200. The molecule has 0 aromatic heterocycles. The van der Waals surface area contributed by atoms with Crippen LogP contribution in [0.1, 0.15) is 27.6 Å². The van der Waals surface area contributed by atoms with Gasteiger partial charge in [0.15, 0.2) is 0 Å². The molecule has 0 saturated carbocycles. The van der Waals surface area contributed by atoms with Crippen LogP contribution in [0.2, 0.25) is 0 Å². The third-order valence-corrected chi connectivity index (χ3v) is 3.51.